The highest BCUT2D eigenvalue weighted by Crippen LogP contribution is 2.24. The van der Waals surface area contributed by atoms with E-state index in [1.165, 1.54) is 18.5 Å². The molecule has 1 aliphatic rings. The first-order chi connectivity index (χ1) is 13.0. The number of hydrogen-bond acceptors (Lipinski definition) is 6. The van der Waals surface area contributed by atoms with Gasteiger partial charge in [0.1, 0.15) is 5.69 Å². The van der Waals surface area contributed by atoms with Gasteiger partial charge >= 0.3 is 5.97 Å². The molecule has 10 nitrogen and oxygen atoms in total. The molecule has 2 heterocycles. The van der Waals surface area contributed by atoms with Gasteiger partial charge in [-0.1, -0.05) is 12.1 Å². The lowest BCUT2D eigenvalue weighted by molar-refractivity contribution is -0.383. The Balaban J connectivity index is 1.53. The predicted molar refractivity (Wildman–Crippen MR) is 95.6 cm³/mol. The average molecular weight is 373 g/mol. The molecule has 2 aromatic rings. The molecular formula is C17H19N5O5. The Hall–Kier alpha value is -3.43. The van der Waals surface area contributed by atoms with Gasteiger partial charge in [-0.25, -0.2) is 4.79 Å². The van der Waals surface area contributed by atoms with Gasteiger partial charge in [-0.15, -0.1) is 0 Å². The van der Waals surface area contributed by atoms with E-state index in [1.54, 1.807) is 27.8 Å². The second kappa shape index (κ2) is 7.85. The molecule has 10 heteroatoms. The van der Waals surface area contributed by atoms with Crippen molar-refractivity contribution >= 4 is 23.3 Å². The number of carbonyl (C=O) groups excluding carboxylic acids is 1. The van der Waals surface area contributed by atoms with Gasteiger partial charge in [0.15, 0.2) is 0 Å². The van der Waals surface area contributed by atoms with Crippen LogP contribution < -0.4 is 5.32 Å². The number of aromatic nitrogens is 2. The van der Waals surface area contributed by atoms with Crippen molar-refractivity contribution in [1.82, 2.24) is 14.7 Å². The van der Waals surface area contributed by atoms with E-state index < -0.39 is 10.9 Å². The van der Waals surface area contributed by atoms with Gasteiger partial charge in [0.25, 0.3) is 5.69 Å². The highest BCUT2D eigenvalue weighted by molar-refractivity contribution is 5.86. The Kier molecular flexibility index (Phi) is 5.34. The number of nitrogens with zero attached hydrogens (tertiary/aromatic N) is 4. The van der Waals surface area contributed by atoms with Crippen molar-refractivity contribution in [3.8, 4) is 0 Å². The number of piperidine rings is 1. The number of anilines is 1. The molecular weight excluding hydrogens is 354 g/mol. The van der Waals surface area contributed by atoms with Gasteiger partial charge in [0, 0.05) is 25.4 Å². The molecule has 0 saturated carbocycles. The fraction of sp³-hybridized carbons (Fsp3) is 0.353. The van der Waals surface area contributed by atoms with Crippen LogP contribution >= 0.6 is 0 Å². The van der Waals surface area contributed by atoms with Crippen LogP contribution in [0.5, 0.6) is 0 Å². The van der Waals surface area contributed by atoms with E-state index in [0.29, 0.717) is 31.6 Å². The fourth-order valence-electron chi connectivity index (χ4n) is 3.09. The van der Waals surface area contributed by atoms with Crippen molar-refractivity contribution in [3.63, 3.8) is 0 Å². The van der Waals surface area contributed by atoms with Crippen LogP contribution in [0.25, 0.3) is 0 Å². The number of benzene rings is 1. The summed E-state index contributed by atoms with van der Waals surface area (Å²) in [7, 11) is 0. The highest BCUT2D eigenvalue weighted by atomic mass is 16.6. The number of para-hydroxylation sites is 2. The number of rotatable bonds is 6. The van der Waals surface area contributed by atoms with E-state index in [2.05, 4.69) is 10.4 Å². The van der Waals surface area contributed by atoms with Crippen LogP contribution in [0.4, 0.5) is 11.4 Å². The van der Waals surface area contributed by atoms with Gasteiger partial charge in [0.2, 0.25) is 5.91 Å². The molecule has 2 N–H and O–H groups in total. The van der Waals surface area contributed by atoms with Crippen molar-refractivity contribution in [1.29, 1.82) is 0 Å². The highest BCUT2D eigenvalue weighted by Gasteiger charge is 2.25. The number of carbonyl (C=O) groups is 2. The van der Waals surface area contributed by atoms with Crippen molar-refractivity contribution < 1.29 is 19.6 Å². The van der Waals surface area contributed by atoms with Crippen molar-refractivity contribution in [2.24, 2.45) is 0 Å². The number of nitro benzene ring substituents is 1. The monoisotopic (exact) mass is 373 g/mol. The zero-order valence-corrected chi connectivity index (χ0v) is 14.4. The fourth-order valence-corrected chi connectivity index (χ4v) is 3.09. The Morgan fingerprint density at radius 1 is 1.30 bits per heavy atom. The largest absolute Gasteiger partial charge is 0.478 e. The van der Waals surface area contributed by atoms with E-state index >= 15 is 0 Å². The maximum absolute atomic E-state index is 12.4. The molecule has 3 rings (SSSR count). The summed E-state index contributed by atoms with van der Waals surface area (Å²) in [5.41, 5.74) is 0.377. The first kappa shape index (κ1) is 18.4. The molecule has 1 amide bonds. The molecule has 1 aromatic heterocycles. The van der Waals surface area contributed by atoms with Crippen molar-refractivity contribution in [2.45, 2.75) is 18.9 Å². The predicted octanol–water partition coefficient (Wildman–Crippen LogP) is 1.77. The first-order valence-corrected chi connectivity index (χ1v) is 8.48. The molecule has 0 bridgehead atoms. The molecule has 0 radical (unpaired) electrons. The Bertz CT molecular complexity index is 857. The molecule has 0 aliphatic carbocycles. The third-order valence-electron chi connectivity index (χ3n) is 4.57. The third-order valence-corrected chi connectivity index (χ3v) is 4.57. The normalized spacial score (nSPS) is 14.7. The number of carboxylic acids is 1. The van der Waals surface area contributed by atoms with Crippen molar-refractivity contribution in [3.05, 3.63) is 52.3 Å². The smallest absolute Gasteiger partial charge is 0.338 e. The zero-order valence-electron chi connectivity index (χ0n) is 14.4. The summed E-state index contributed by atoms with van der Waals surface area (Å²) in [6, 6.07) is 6.23. The minimum absolute atomic E-state index is 0.0273. The lowest BCUT2D eigenvalue weighted by atomic mass is 10.1. The maximum Gasteiger partial charge on any atom is 0.338 e. The number of hydrogen-bond donors (Lipinski definition) is 2. The van der Waals surface area contributed by atoms with E-state index in [1.807, 2.05) is 0 Å². The topological polar surface area (TPSA) is 131 Å². The summed E-state index contributed by atoms with van der Waals surface area (Å²) in [6.07, 6.45) is 4.15. The molecule has 27 heavy (non-hydrogen) atoms. The Morgan fingerprint density at radius 2 is 2.00 bits per heavy atom. The summed E-state index contributed by atoms with van der Waals surface area (Å²) >= 11 is 0. The maximum atomic E-state index is 12.4. The second-order valence-electron chi connectivity index (χ2n) is 6.25. The molecule has 1 aromatic carbocycles. The summed E-state index contributed by atoms with van der Waals surface area (Å²) in [6.45, 7) is 1.01. The first-order valence-electron chi connectivity index (χ1n) is 8.48. The van der Waals surface area contributed by atoms with Crippen LogP contribution in [-0.2, 0) is 4.79 Å². The summed E-state index contributed by atoms with van der Waals surface area (Å²) in [5, 5.41) is 26.9. The Labute approximate surface area is 154 Å². The SMILES string of the molecule is O=C(O)c1cnn(C2CCN(C(=O)CNc3ccccc3[N+](=O)[O-])CC2)c1. The minimum atomic E-state index is -1.02. The van der Waals surface area contributed by atoms with E-state index in [9.17, 15) is 19.7 Å². The summed E-state index contributed by atoms with van der Waals surface area (Å²) in [5.74, 6) is -1.16. The van der Waals surface area contributed by atoms with Crippen molar-refractivity contribution in [2.75, 3.05) is 25.0 Å². The lowest BCUT2D eigenvalue weighted by Gasteiger charge is -2.32. The van der Waals surface area contributed by atoms with Crippen LogP contribution in [-0.4, -0.2) is 56.2 Å². The second-order valence-corrected chi connectivity index (χ2v) is 6.25. The van der Waals surface area contributed by atoms with Gasteiger partial charge in [-0.3, -0.25) is 19.6 Å². The van der Waals surface area contributed by atoms with Gasteiger partial charge in [0.05, 0.1) is 29.3 Å². The summed E-state index contributed by atoms with van der Waals surface area (Å²) < 4.78 is 1.64. The minimum Gasteiger partial charge on any atom is -0.478 e. The average Bonchev–Trinajstić information content (AvgIpc) is 3.17. The molecule has 1 saturated heterocycles. The van der Waals surface area contributed by atoms with Crippen LogP contribution in [0.2, 0.25) is 0 Å². The molecule has 1 aliphatic heterocycles. The van der Waals surface area contributed by atoms with Gasteiger partial charge in [-0.2, -0.15) is 5.10 Å². The number of carboxylic acid groups (broad SMARTS) is 1. The number of likely N-dealkylation sites (tertiary alicyclic amines) is 1. The number of amides is 1. The standard InChI is InChI=1S/C17H19N5O5/c23-16(10-18-14-3-1-2-4-15(14)22(26)27)20-7-5-13(6-8-20)21-11-12(9-19-21)17(24)25/h1-4,9,11,13,18H,5-8,10H2,(H,24,25). The van der Waals surface area contributed by atoms with E-state index in [4.69, 9.17) is 5.11 Å². The quantitative estimate of drug-likeness (QED) is 0.583. The Morgan fingerprint density at radius 3 is 2.63 bits per heavy atom. The molecule has 142 valence electrons. The molecule has 0 spiro atoms. The molecule has 1 fully saturated rings. The van der Waals surface area contributed by atoms with Crippen LogP contribution in [0.1, 0.15) is 29.2 Å². The van der Waals surface area contributed by atoms with E-state index in [-0.39, 0.29) is 29.7 Å². The number of nitro groups is 1. The van der Waals surface area contributed by atoms with Crippen LogP contribution in [0.15, 0.2) is 36.7 Å². The van der Waals surface area contributed by atoms with Gasteiger partial charge < -0.3 is 15.3 Å². The van der Waals surface area contributed by atoms with Gasteiger partial charge in [-0.05, 0) is 18.9 Å². The molecule has 0 atom stereocenters. The number of aromatic carboxylic acids is 1. The zero-order chi connectivity index (χ0) is 19.4. The molecule has 0 unspecified atom stereocenters. The third kappa shape index (κ3) is 4.22. The van der Waals surface area contributed by atoms with E-state index in [0.717, 1.165) is 0 Å². The van der Waals surface area contributed by atoms with Crippen LogP contribution in [0, 0.1) is 10.1 Å². The van der Waals surface area contributed by atoms with Crippen LogP contribution in [0.3, 0.4) is 0 Å². The lowest BCUT2D eigenvalue weighted by Crippen LogP contribution is -2.41. The summed E-state index contributed by atoms with van der Waals surface area (Å²) in [4.78, 5) is 35.5. The number of nitrogens with one attached hydrogen (secondary N) is 1.